The van der Waals surface area contributed by atoms with Crippen LogP contribution >= 0.6 is 11.6 Å². The topological polar surface area (TPSA) is 50.7 Å². The van der Waals surface area contributed by atoms with Gasteiger partial charge in [-0.05, 0) is 36.2 Å². The summed E-state index contributed by atoms with van der Waals surface area (Å²) in [5.41, 5.74) is 4.24. The predicted molar refractivity (Wildman–Crippen MR) is 83.9 cm³/mol. The highest BCUT2D eigenvalue weighted by molar-refractivity contribution is 6.30. The van der Waals surface area contributed by atoms with E-state index in [1.54, 1.807) is 18.3 Å². The normalized spacial score (nSPS) is 10.6. The largest absolute Gasteiger partial charge is 0.483 e. The molecule has 21 heavy (non-hydrogen) atoms. The second-order valence-electron chi connectivity index (χ2n) is 4.40. The second kappa shape index (κ2) is 7.45. The van der Waals surface area contributed by atoms with Gasteiger partial charge >= 0.3 is 0 Å². The van der Waals surface area contributed by atoms with Crippen LogP contribution in [-0.4, -0.2) is 18.7 Å². The highest BCUT2D eigenvalue weighted by Gasteiger charge is 2.02. The number of amides is 1. The molecule has 0 fully saturated rings. The van der Waals surface area contributed by atoms with Crippen molar-refractivity contribution in [1.82, 2.24) is 5.43 Å². The molecule has 2 aromatic carbocycles. The molecule has 0 aliphatic carbocycles. The van der Waals surface area contributed by atoms with Gasteiger partial charge in [-0.3, -0.25) is 4.79 Å². The Morgan fingerprint density at radius 2 is 1.95 bits per heavy atom. The number of halogens is 1. The number of benzene rings is 2. The molecule has 0 aliphatic rings. The van der Waals surface area contributed by atoms with Crippen molar-refractivity contribution in [1.29, 1.82) is 0 Å². The van der Waals surface area contributed by atoms with Crippen molar-refractivity contribution in [3.8, 4) is 5.75 Å². The summed E-state index contributed by atoms with van der Waals surface area (Å²) in [6.07, 6.45) is 1.54. The molecule has 2 rings (SSSR count). The van der Waals surface area contributed by atoms with Gasteiger partial charge in [0.05, 0.1) is 6.21 Å². The Balaban J connectivity index is 1.80. The van der Waals surface area contributed by atoms with Crippen LogP contribution in [0.3, 0.4) is 0 Å². The Bertz CT molecular complexity index is 639. The van der Waals surface area contributed by atoms with Gasteiger partial charge in [0.15, 0.2) is 6.61 Å². The number of nitrogens with zero attached hydrogens (tertiary/aromatic N) is 1. The predicted octanol–water partition coefficient (Wildman–Crippen LogP) is 3.18. The monoisotopic (exact) mass is 302 g/mol. The lowest BCUT2D eigenvalue weighted by Gasteiger charge is -2.07. The van der Waals surface area contributed by atoms with Crippen LogP contribution in [-0.2, 0) is 4.79 Å². The molecule has 0 aromatic heterocycles. The van der Waals surface area contributed by atoms with Gasteiger partial charge in [-0.15, -0.1) is 0 Å². The first kappa shape index (κ1) is 15.1. The number of carbonyl (C=O) groups excluding carboxylic acids is 1. The fourth-order valence-electron chi connectivity index (χ4n) is 1.62. The van der Waals surface area contributed by atoms with E-state index in [2.05, 4.69) is 10.5 Å². The minimum Gasteiger partial charge on any atom is -0.483 e. The van der Waals surface area contributed by atoms with Crippen molar-refractivity contribution in [2.24, 2.45) is 5.10 Å². The molecule has 0 saturated heterocycles. The highest BCUT2D eigenvalue weighted by atomic mass is 35.5. The molecule has 0 heterocycles. The number of nitrogens with one attached hydrogen (secondary N) is 1. The summed E-state index contributed by atoms with van der Waals surface area (Å²) in [5, 5.41) is 4.51. The van der Waals surface area contributed by atoms with Crippen LogP contribution in [0, 0.1) is 6.92 Å². The van der Waals surface area contributed by atoms with E-state index in [1.165, 1.54) is 0 Å². The summed E-state index contributed by atoms with van der Waals surface area (Å²) in [6.45, 7) is 1.84. The molecule has 0 unspecified atom stereocenters. The summed E-state index contributed by atoms with van der Waals surface area (Å²) in [6, 6.07) is 14.6. The molecular weight excluding hydrogens is 288 g/mol. The summed E-state index contributed by atoms with van der Waals surface area (Å²) < 4.78 is 5.41. The van der Waals surface area contributed by atoms with Crippen LogP contribution in [0.25, 0.3) is 0 Å². The van der Waals surface area contributed by atoms with E-state index in [-0.39, 0.29) is 12.5 Å². The molecule has 0 bridgehead atoms. The van der Waals surface area contributed by atoms with Crippen molar-refractivity contribution in [3.05, 3.63) is 64.7 Å². The zero-order chi connectivity index (χ0) is 15.1. The van der Waals surface area contributed by atoms with Gasteiger partial charge in [0, 0.05) is 5.02 Å². The molecule has 0 atom stereocenters. The summed E-state index contributed by atoms with van der Waals surface area (Å²) in [4.78, 5) is 11.6. The molecule has 0 spiro atoms. The third kappa shape index (κ3) is 4.93. The summed E-state index contributed by atoms with van der Waals surface area (Å²) in [5.74, 6) is 0.373. The molecule has 0 radical (unpaired) electrons. The molecule has 0 saturated carbocycles. The zero-order valence-electron chi connectivity index (χ0n) is 11.5. The molecular formula is C16H15ClN2O2. The highest BCUT2D eigenvalue weighted by Crippen LogP contribution is 2.15. The van der Waals surface area contributed by atoms with Gasteiger partial charge in [0.2, 0.25) is 0 Å². The summed E-state index contributed by atoms with van der Waals surface area (Å²) in [7, 11) is 0. The van der Waals surface area contributed by atoms with Crippen molar-refractivity contribution in [3.63, 3.8) is 0 Å². The Kier molecular flexibility index (Phi) is 5.35. The van der Waals surface area contributed by atoms with Crippen LogP contribution in [0.5, 0.6) is 5.75 Å². The number of carbonyl (C=O) groups is 1. The molecule has 2 aromatic rings. The average molecular weight is 303 g/mol. The van der Waals surface area contributed by atoms with E-state index >= 15 is 0 Å². The first-order valence-electron chi connectivity index (χ1n) is 6.41. The lowest BCUT2D eigenvalue weighted by molar-refractivity contribution is -0.123. The minimum atomic E-state index is -0.316. The lowest BCUT2D eigenvalue weighted by atomic mass is 10.2. The van der Waals surface area contributed by atoms with Gasteiger partial charge in [0.25, 0.3) is 5.91 Å². The first-order chi connectivity index (χ1) is 10.1. The molecule has 5 heteroatoms. The van der Waals surface area contributed by atoms with Crippen molar-refractivity contribution in [2.75, 3.05) is 6.61 Å². The van der Waals surface area contributed by atoms with Gasteiger partial charge in [-0.25, -0.2) is 5.43 Å². The number of ether oxygens (including phenoxy) is 1. The van der Waals surface area contributed by atoms with Crippen LogP contribution in [0.4, 0.5) is 0 Å². The van der Waals surface area contributed by atoms with Crippen LogP contribution in [0.2, 0.25) is 5.02 Å². The van der Waals surface area contributed by atoms with Crippen molar-refractivity contribution >= 4 is 23.7 Å². The maximum absolute atomic E-state index is 11.6. The quantitative estimate of drug-likeness (QED) is 0.681. The Labute approximate surface area is 128 Å². The van der Waals surface area contributed by atoms with E-state index in [9.17, 15) is 4.79 Å². The van der Waals surface area contributed by atoms with Crippen LogP contribution < -0.4 is 10.2 Å². The molecule has 1 amide bonds. The van der Waals surface area contributed by atoms with E-state index < -0.39 is 0 Å². The maximum atomic E-state index is 11.6. The zero-order valence-corrected chi connectivity index (χ0v) is 12.3. The number of para-hydroxylation sites is 1. The van der Waals surface area contributed by atoms with Crippen molar-refractivity contribution in [2.45, 2.75) is 6.92 Å². The van der Waals surface area contributed by atoms with E-state index in [0.717, 1.165) is 11.1 Å². The lowest BCUT2D eigenvalue weighted by Crippen LogP contribution is -2.24. The third-order valence-electron chi connectivity index (χ3n) is 2.73. The molecule has 0 aliphatic heterocycles. The van der Waals surface area contributed by atoms with E-state index in [4.69, 9.17) is 16.3 Å². The third-order valence-corrected chi connectivity index (χ3v) is 2.98. The standard InChI is InChI=1S/C16H15ClN2O2/c1-12-4-2-3-5-15(12)21-11-16(20)19-18-10-13-6-8-14(17)9-7-13/h2-10H,11H2,1H3,(H,19,20)/b18-10-. The van der Waals surface area contributed by atoms with Gasteiger partial charge in [-0.1, -0.05) is 41.9 Å². The summed E-state index contributed by atoms with van der Waals surface area (Å²) >= 11 is 5.78. The average Bonchev–Trinajstić information content (AvgIpc) is 2.48. The SMILES string of the molecule is Cc1ccccc1OCC(=O)N/N=C\c1ccc(Cl)cc1. The van der Waals surface area contributed by atoms with Gasteiger partial charge in [-0.2, -0.15) is 5.10 Å². The minimum absolute atomic E-state index is 0.0805. The van der Waals surface area contributed by atoms with Crippen LogP contribution in [0.1, 0.15) is 11.1 Å². The molecule has 4 nitrogen and oxygen atoms in total. The second-order valence-corrected chi connectivity index (χ2v) is 4.84. The number of hydrazone groups is 1. The van der Waals surface area contributed by atoms with Gasteiger partial charge in [0.1, 0.15) is 5.75 Å². The fraction of sp³-hybridized carbons (Fsp3) is 0.125. The Morgan fingerprint density at radius 1 is 1.24 bits per heavy atom. The van der Waals surface area contributed by atoms with E-state index in [0.29, 0.717) is 10.8 Å². The Morgan fingerprint density at radius 3 is 2.67 bits per heavy atom. The maximum Gasteiger partial charge on any atom is 0.277 e. The molecule has 1 N–H and O–H groups in total. The Hall–Kier alpha value is -2.33. The fourth-order valence-corrected chi connectivity index (χ4v) is 1.75. The molecule has 108 valence electrons. The number of rotatable bonds is 5. The number of aryl methyl sites for hydroxylation is 1. The van der Waals surface area contributed by atoms with Crippen LogP contribution in [0.15, 0.2) is 53.6 Å². The van der Waals surface area contributed by atoms with Crippen molar-refractivity contribution < 1.29 is 9.53 Å². The first-order valence-corrected chi connectivity index (χ1v) is 6.79. The number of hydrogen-bond acceptors (Lipinski definition) is 3. The van der Waals surface area contributed by atoms with E-state index in [1.807, 2.05) is 43.3 Å². The number of hydrogen-bond donors (Lipinski definition) is 1. The smallest absolute Gasteiger partial charge is 0.277 e. The van der Waals surface area contributed by atoms with Gasteiger partial charge < -0.3 is 4.74 Å².